The summed E-state index contributed by atoms with van der Waals surface area (Å²) in [5.74, 6) is 0.0371. The van der Waals surface area contributed by atoms with Crippen molar-refractivity contribution in [3.05, 3.63) is 64.2 Å². The Morgan fingerprint density at radius 1 is 1.26 bits per heavy atom. The highest BCUT2D eigenvalue weighted by Crippen LogP contribution is 2.30. The largest absolute Gasteiger partial charge is 0.493 e. The van der Waals surface area contributed by atoms with Gasteiger partial charge in [-0.05, 0) is 35.9 Å². The molecule has 0 aliphatic carbocycles. The number of aromatic amines is 1. The van der Waals surface area contributed by atoms with Crippen molar-refractivity contribution in [2.75, 3.05) is 7.11 Å². The van der Waals surface area contributed by atoms with Crippen LogP contribution in [0.5, 0.6) is 11.5 Å². The first-order valence-corrected chi connectivity index (χ1v) is 7.76. The number of aromatic nitrogens is 2. The van der Waals surface area contributed by atoms with Crippen molar-refractivity contribution in [3.8, 4) is 17.6 Å². The molecule has 0 fully saturated rings. The van der Waals surface area contributed by atoms with Crippen molar-refractivity contribution in [1.29, 1.82) is 5.26 Å². The summed E-state index contributed by atoms with van der Waals surface area (Å²) in [6.45, 7) is -3.02. The van der Waals surface area contributed by atoms with Crippen LogP contribution >= 0.6 is 0 Å². The van der Waals surface area contributed by atoms with Gasteiger partial charge in [0.05, 0.1) is 23.6 Å². The van der Waals surface area contributed by atoms with E-state index in [0.29, 0.717) is 16.5 Å². The minimum absolute atomic E-state index is 0.0611. The highest BCUT2D eigenvalue weighted by atomic mass is 19.3. The molecule has 8 heteroatoms. The van der Waals surface area contributed by atoms with Gasteiger partial charge in [-0.2, -0.15) is 14.0 Å². The van der Waals surface area contributed by atoms with Crippen LogP contribution in [0.15, 0.2) is 47.3 Å². The van der Waals surface area contributed by atoms with Crippen molar-refractivity contribution >= 4 is 22.6 Å². The number of rotatable bonds is 5. The molecule has 1 heterocycles. The lowest BCUT2D eigenvalue weighted by Gasteiger charge is -2.10. The van der Waals surface area contributed by atoms with Gasteiger partial charge in [-0.15, -0.1) is 0 Å². The predicted molar refractivity (Wildman–Crippen MR) is 95.5 cm³/mol. The molecule has 0 bridgehead atoms. The number of nitrogens with one attached hydrogen (secondary N) is 1. The van der Waals surface area contributed by atoms with Crippen LogP contribution in [0.3, 0.4) is 0 Å². The number of alkyl halides is 2. The van der Waals surface area contributed by atoms with E-state index < -0.39 is 6.61 Å². The fourth-order valence-corrected chi connectivity index (χ4v) is 2.51. The van der Waals surface area contributed by atoms with E-state index in [4.69, 9.17) is 4.74 Å². The topological polar surface area (TPSA) is 88.0 Å². The van der Waals surface area contributed by atoms with Crippen LogP contribution in [-0.4, -0.2) is 23.7 Å². The second kappa shape index (κ2) is 7.66. The van der Waals surface area contributed by atoms with E-state index in [1.807, 2.05) is 6.07 Å². The van der Waals surface area contributed by atoms with Gasteiger partial charge in [0, 0.05) is 0 Å². The summed E-state index contributed by atoms with van der Waals surface area (Å²) in [7, 11) is 1.33. The minimum Gasteiger partial charge on any atom is -0.493 e. The molecule has 0 atom stereocenters. The first-order valence-electron chi connectivity index (χ1n) is 7.76. The number of hydrogen-bond acceptors (Lipinski definition) is 5. The molecule has 2 aromatic carbocycles. The van der Waals surface area contributed by atoms with Crippen LogP contribution in [-0.2, 0) is 0 Å². The zero-order valence-corrected chi connectivity index (χ0v) is 14.1. The molecule has 1 aromatic heterocycles. The van der Waals surface area contributed by atoms with Crippen molar-refractivity contribution in [1.82, 2.24) is 9.97 Å². The smallest absolute Gasteiger partial charge is 0.387 e. The van der Waals surface area contributed by atoms with Gasteiger partial charge >= 0.3 is 6.61 Å². The van der Waals surface area contributed by atoms with E-state index in [2.05, 4.69) is 14.7 Å². The fraction of sp³-hybridized carbons (Fsp3) is 0.105. The first kappa shape index (κ1) is 18.1. The van der Waals surface area contributed by atoms with Gasteiger partial charge < -0.3 is 14.5 Å². The third-order valence-electron chi connectivity index (χ3n) is 3.70. The first-order chi connectivity index (χ1) is 13.0. The van der Waals surface area contributed by atoms with Crippen LogP contribution in [0.2, 0.25) is 0 Å². The minimum atomic E-state index is -3.02. The molecule has 0 saturated heterocycles. The Hall–Kier alpha value is -3.73. The van der Waals surface area contributed by atoms with E-state index in [9.17, 15) is 18.8 Å². The van der Waals surface area contributed by atoms with Crippen LogP contribution in [0.25, 0.3) is 22.6 Å². The van der Waals surface area contributed by atoms with Gasteiger partial charge in [-0.1, -0.05) is 18.2 Å². The molecular formula is C19H13F2N3O3. The molecule has 0 amide bonds. The van der Waals surface area contributed by atoms with E-state index >= 15 is 0 Å². The van der Waals surface area contributed by atoms with Gasteiger partial charge in [-0.25, -0.2) is 4.98 Å². The number of fused-ring (bicyclic) bond motifs is 1. The molecule has 0 aliphatic heterocycles. The van der Waals surface area contributed by atoms with Crippen LogP contribution in [0.1, 0.15) is 11.4 Å². The van der Waals surface area contributed by atoms with E-state index in [1.165, 1.54) is 25.3 Å². The summed E-state index contributed by atoms with van der Waals surface area (Å²) >= 11 is 0. The van der Waals surface area contributed by atoms with Crippen molar-refractivity contribution < 1.29 is 18.3 Å². The maximum absolute atomic E-state index is 12.6. The molecule has 1 N–H and O–H groups in total. The van der Waals surface area contributed by atoms with Gasteiger partial charge in [-0.3, -0.25) is 4.79 Å². The highest BCUT2D eigenvalue weighted by Gasteiger charge is 2.12. The summed E-state index contributed by atoms with van der Waals surface area (Å²) in [4.78, 5) is 19.0. The number of nitrogens with zero attached hydrogens (tertiary/aromatic N) is 2. The Labute approximate surface area is 152 Å². The lowest BCUT2D eigenvalue weighted by molar-refractivity contribution is -0.0512. The molecule has 0 radical (unpaired) electrons. The zero-order chi connectivity index (χ0) is 19.4. The third kappa shape index (κ3) is 3.93. The second-order valence-electron chi connectivity index (χ2n) is 5.39. The Morgan fingerprint density at radius 3 is 2.74 bits per heavy atom. The second-order valence-corrected chi connectivity index (χ2v) is 5.39. The Balaban J connectivity index is 2.07. The molecule has 3 aromatic rings. The lowest BCUT2D eigenvalue weighted by atomic mass is 10.1. The molecule has 0 unspecified atom stereocenters. The number of benzene rings is 2. The maximum Gasteiger partial charge on any atom is 0.387 e. The maximum atomic E-state index is 12.6. The number of methoxy groups -OCH3 is 1. The molecule has 0 saturated carbocycles. The number of para-hydroxylation sites is 1. The number of allylic oxidation sites excluding steroid dienone is 1. The van der Waals surface area contributed by atoms with Gasteiger partial charge in [0.1, 0.15) is 6.07 Å². The third-order valence-corrected chi connectivity index (χ3v) is 3.70. The number of nitriles is 1. The Bertz CT molecular complexity index is 1120. The molecule has 136 valence electrons. The molecular weight excluding hydrogens is 356 g/mol. The number of ether oxygens (including phenoxy) is 2. The number of halogens is 2. The normalized spacial score (nSPS) is 11.4. The highest BCUT2D eigenvalue weighted by molar-refractivity contribution is 5.89. The summed E-state index contributed by atoms with van der Waals surface area (Å²) < 4.78 is 34.5. The van der Waals surface area contributed by atoms with E-state index in [0.717, 1.165) is 0 Å². The van der Waals surface area contributed by atoms with Gasteiger partial charge in [0.2, 0.25) is 0 Å². The number of H-pyrrole nitrogens is 1. The van der Waals surface area contributed by atoms with Crippen LogP contribution < -0.4 is 15.0 Å². The molecule has 0 aliphatic rings. The van der Waals surface area contributed by atoms with Crippen molar-refractivity contribution in [3.63, 3.8) is 0 Å². The SMILES string of the molecule is COc1ccc(C=C(C#N)c2nc3ccccc3c(=O)[nH]2)cc1OC(F)F. The van der Waals surface area contributed by atoms with E-state index in [-0.39, 0.29) is 28.5 Å². The average molecular weight is 369 g/mol. The lowest BCUT2D eigenvalue weighted by Crippen LogP contribution is -2.11. The Morgan fingerprint density at radius 2 is 2.04 bits per heavy atom. The zero-order valence-electron chi connectivity index (χ0n) is 14.1. The van der Waals surface area contributed by atoms with Crippen molar-refractivity contribution in [2.24, 2.45) is 0 Å². The number of hydrogen-bond donors (Lipinski definition) is 1. The monoisotopic (exact) mass is 369 g/mol. The fourth-order valence-electron chi connectivity index (χ4n) is 2.51. The predicted octanol–water partition coefficient (Wildman–Crippen LogP) is 3.60. The summed E-state index contributed by atoms with van der Waals surface area (Å²) in [5.41, 5.74) is 0.520. The Kier molecular flexibility index (Phi) is 5.13. The summed E-state index contributed by atoms with van der Waals surface area (Å²) in [5, 5.41) is 9.86. The van der Waals surface area contributed by atoms with Crippen molar-refractivity contribution in [2.45, 2.75) is 6.61 Å². The standard InChI is InChI=1S/C19H13F2N3O3/c1-26-15-7-6-11(9-16(15)27-19(20)21)8-12(10-22)17-23-14-5-3-2-4-13(14)18(25)24-17/h2-9,19H,1H3,(H,23,24,25). The summed E-state index contributed by atoms with van der Waals surface area (Å²) in [6.07, 6.45) is 1.41. The average Bonchev–Trinajstić information content (AvgIpc) is 2.66. The molecule has 0 spiro atoms. The van der Waals surface area contributed by atoms with E-state index in [1.54, 1.807) is 30.3 Å². The summed E-state index contributed by atoms with van der Waals surface area (Å²) in [6, 6.07) is 13.0. The van der Waals surface area contributed by atoms with Gasteiger partial charge in [0.15, 0.2) is 17.3 Å². The quantitative estimate of drug-likeness (QED) is 0.694. The van der Waals surface area contributed by atoms with Gasteiger partial charge in [0.25, 0.3) is 5.56 Å². The van der Waals surface area contributed by atoms with Crippen LogP contribution in [0, 0.1) is 11.3 Å². The molecule has 27 heavy (non-hydrogen) atoms. The molecule has 3 rings (SSSR count). The molecule has 6 nitrogen and oxygen atoms in total. The van der Waals surface area contributed by atoms with Crippen LogP contribution in [0.4, 0.5) is 8.78 Å².